The zero-order valence-corrected chi connectivity index (χ0v) is 11.9. The van der Waals surface area contributed by atoms with E-state index in [1.165, 1.54) is 11.8 Å². The van der Waals surface area contributed by atoms with E-state index >= 15 is 0 Å². The van der Waals surface area contributed by atoms with Crippen molar-refractivity contribution in [1.82, 2.24) is 19.7 Å². The van der Waals surface area contributed by atoms with Crippen molar-refractivity contribution in [2.45, 2.75) is 18.6 Å². The number of thioether (sulfide) groups is 1. The van der Waals surface area contributed by atoms with Gasteiger partial charge in [-0.3, -0.25) is 14.3 Å². The molecular weight excluding hydrogens is 274 g/mol. The standard InChI is InChI=1S/C13H15N5OS/c1-9(2)7-18-12(10-3-5-15-6-4-10)16-17-13(18)20-8-11(14)19/h3-6H,1,7-8H2,2H3,(H2,14,19). The van der Waals surface area contributed by atoms with Crippen LogP contribution in [-0.2, 0) is 11.3 Å². The molecule has 0 unspecified atom stereocenters. The van der Waals surface area contributed by atoms with Gasteiger partial charge in [-0.1, -0.05) is 23.9 Å². The first-order valence-corrected chi connectivity index (χ1v) is 6.95. The molecule has 2 aromatic rings. The Morgan fingerprint density at radius 2 is 2.10 bits per heavy atom. The molecule has 0 aliphatic carbocycles. The van der Waals surface area contributed by atoms with Crippen LogP contribution in [-0.4, -0.2) is 31.4 Å². The van der Waals surface area contributed by atoms with E-state index in [2.05, 4.69) is 21.8 Å². The molecule has 2 heterocycles. The van der Waals surface area contributed by atoms with Crippen molar-refractivity contribution in [2.24, 2.45) is 5.73 Å². The average molecular weight is 289 g/mol. The Bertz CT molecular complexity index is 623. The Kier molecular flexibility index (Phi) is 4.52. The topological polar surface area (TPSA) is 86.7 Å². The van der Waals surface area contributed by atoms with Gasteiger partial charge in [0.15, 0.2) is 11.0 Å². The van der Waals surface area contributed by atoms with Crippen LogP contribution in [0.2, 0.25) is 0 Å². The molecule has 0 saturated carbocycles. The van der Waals surface area contributed by atoms with E-state index in [4.69, 9.17) is 5.73 Å². The van der Waals surface area contributed by atoms with Crippen LogP contribution >= 0.6 is 11.8 Å². The Morgan fingerprint density at radius 1 is 1.40 bits per heavy atom. The van der Waals surface area contributed by atoms with Crippen molar-refractivity contribution in [3.05, 3.63) is 36.7 Å². The van der Waals surface area contributed by atoms with Gasteiger partial charge >= 0.3 is 0 Å². The minimum absolute atomic E-state index is 0.171. The number of aromatic nitrogens is 4. The van der Waals surface area contributed by atoms with Crippen molar-refractivity contribution >= 4 is 17.7 Å². The molecule has 0 radical (unpaired) electrons. The summed E-state index contributed by atoms with van der Waals surface area (Å²) in [6.07, 6.45) is 3.40. The minimum Gasteiger partial charge on any atom is -0.369 e. The lowest BCUT2D eigenvalue weighted by molar-refractivity contribution is -0.115. The van der Waals surface area contributed by atoms with Gasteiger partial charge in [-0.15, -0.1) is 10.2 Å². The quantitative estimate of drug-likeness (QED) is 0.643. The second-order valence-corrected chi connectivity index (χ2v) is 5.28. The van der Waals surface area contributed by atoms with Crippen molar-refractivity contribution in [2.75, 3.05) is 5.75 Å². The third kappa shape index (κ3) is 3.45. The largest absolute Gasteiger partial charge is 0.369 e. The molecule has 104 valence electrons. The van der Waals surface area contributed by atoms with Gasteiger partial charge in [0.1, 0.15) is 0 Å². The second-order valence-electron chi connectivity index (χ2n) is 4.34. The fourth-order valence-corrected chi connectivity index (χ4v) is 2.33. The maximum Gasteiger partial charge on any atom is 0.227 e. The van der Waals surface area contributed by atoms with Crippen LogP contribution in [0.5, 0.6) is 0 Å². The van der Waals surface area contributed by atoms with Crippen molar-refractivity contribution < 1.29 is 4.79 Å². The van der Waals surface area contributed by atoms with Gasteiger partial charge in [-0.05, 0) is 19.1 Å². The Hall–Kier alpha value is -2.15. The molecule has 0 aliphatic rings. The fraction of sp³-hybridized carbons (Fsp3) is 0.231. The van der Waals surface area contributed by atoms with Gasteiger partial charge in [0.25, 0.3) is 0 Å². The molecule has 0 bridgehead atoms. The summed E-state index contributed by atoms with van der Waals surface area (Å²) in [7, 11) is 0. The highest BCUT2D eigenvalue weighted by atomic mass is 32.2. The monoisotopic (exact) mass is 289 g/mol. The first-order valence-electron chi connectivity index (χ1n) is 5.97. The van der Waals surface area contributed by atoms with E-state index < -0.39 is 0 Å². The summed E-state index contributed by atoms with van der Waals surface area (Å²) in [5.74, 6) is 0.512. The zero-order chi connectivity index (χ0) is 14.5. The molecule has 2 N–H and O–H groups in total. The summed E-state index contributed by atoms with van der Waals surface area (Å²) in [4.78, 5) is 14.9. The van der Waals surface area contributed by atoms with Crippen LogP contribution in [0.25, 0.3) is 11.4 Å². The maximum atomic E-state index is 10.9. The molecule has 0 aromatic carbocycles. The van der Waals surface area contributed by atoms with Gasteiger partial charge in [-0.2, -0.15) is 0 Å². The van der Waals surface area contributed by atoms with E-state index in [9.17, 15) is 4.79 Å². The molecule has 0 saturated heterocycles. The summed E-state index contributed by atoms with van der Waals surface area (Å²) in [6, 6.07) is 3.73. The van der Waals surface area contributed by atoms with Gasteiger partial charge in [0.05, 0.1) is 5.75 Å². The van der Waals surface area contributed by atoms with Crippen LogP contribution in [0.15, 0.2) is 41.8 Å². The number of nitrogens with zero attached hydrogens (tertiary/aromatic N) is 4. The van der Waals surface area contributed by atoms with Crippen LogP contribution in [0, 0.1) is 0 Å². The van der Waals surface area contributed by atoms with E-state index in [0.29, 0.717) is 11.7 Å². The number of primary amides is 1. The number of nitrogens with two attached hydrogens (primary N) is 1. The highest BCUT2D eigenvalue weighted by Crippen LogP contribution is 2.24. The van der Waals surface area contributed by atoms with Gasteiger partial charge in [0.2, 0.25) is 5.91 Å². The predicted octanol–water partition coefficient (Wildman–Crippen LogP) is 1.49. The molecule has 0 fully saturated rings. The molecule has 7 heteroatoms. The van der Waals surface area contributed by atoms with E-state index in [1.807, 2.05) is 23.6 Å². The molecule has 0 aliphatic heterocycles. The number of rotatable bonds is 6. The molecule has 0 atom stereocenters. The molecule has 20 heavy (non-hydrogen) atoms. The normalized spacial score (nSPS) is 10.4. The zero-order valence-electron chi connectivity index (χ0n) is 11.1. The van der Waals surface area contributed by atoms with E-state index in [0.717, 1.165) is 17.0 Å². The molecular formula is C13H15N5OS. The SMILES string of the molecule is C=C(C)Cn1c(SCC(N)=O)nnc1-c1ccncc1. The lowest BCUT2D eigenvalue weighted by Gasteiger charge is -2.09. The van der Waals surface area contributed by atoms with Crippen LogP contribution < -0.4 is 5.73 Å². The third-order valence-corrected chi connectivity index (χ3v) is 3.42. The molecule has 2 aromatic heterocycles. The Morgan fingerprint density at radius 3 is 2.70 bits per heavy atom. The van der Waals surface area contributed by atoms with E-state index in [1.54, 1.807) is 12.4 Å². The Labute approximate surface area is 121 Å². The van der Waals surface area contributed by atoms with Gasteiger partial charge < -0.3 is 5.73 Å². The molecule has 6 nitrogen and oxygen atoms in total. The summed E-state index contributed by atoms with van der Waals surface area (Å²) in [5, 5.41) is 8.96. The fourth-order valence-electron chi connectivity index (χ4n) is 1.66. The first kappa shape index (κ1) is 14.3. The number of carbonyl (C=O) groups is 1. The van der Waals surface area contributed by atoms with Crippen molar-refractivity contribution in [3.8, 4) is 11.4 Å². The van der Waals surface area contributed by atoms with Gasteiger partial charge in [-0.25, -0.2) is 0 Å². The third-order valence-electron chi connectivity index (χ3n) is 2.43. The van der Waals surface area contributed by atoms with Crippen LogP contribution in [0.3, 0.4) is 0 Å². The molecule has 0 spiro atoms. The first-order chi connectivity index (χ1) is 9.58. The highest BCUT2D eigenvalue weighted by Gasteiger charge is 2.14. The van der Waals surface area contributed by atoms with Crippen LogP contribution in [0.1, 0.15) is 6.92 Å². The van der Waals surface area contributed by atoms with E-state index in [-0.39, 0.29) is 11.7 Å². The number of hydrogen-bond acceptors (Lipinski definition) is 5. The molecule has 2 rings (SSSR count). The number of pyridine rings is 1. The summed E-state index contributed by atoms with van der Waals surface area (Å²) in [6.45, 7) is 6.43. The summed E-state index contributed by atoms with van der Waals surface area (Å²) >= 11 is 1.27. The second kappa shape index (κ2) is 6.33. The smallest absolute Gasteiger partial charge is 0.227 e. The summed E-state index contributed by atoms with van der Waals surface area (Å²) < 4.78 is 1.92. The maximum absolute atomic E-state index is 10.9. The minimum atomic E-state index is -0.384. The summed E-state index contributed by atoms with van der Waals surface area (Å²) in [5.41, 5.74) is 7.06. The number of amides is 1. The number of allylic oxidation sites excluding steroid dienone is 1. The highest BCUT2D eigenvalue weighted by molar-refractivity contribution is 7.99. The number of hydrogen-bond donors (Lipinski definition) is 1. The lowest BCUT2D eigenvalue weighted by atomic mass is 10.2. The van der Waals surface area contributed by atoms with Crippen LogP contribution in [0.4, 0.5) is 0 Å². The van der Waals surface area contributed by atoms with Crippen molar-refractivity contribution in [1.29, 1.82) is 0 Å². The molecule has 1 amide bonds. The predicted molar refractivity (Wildman–Crippen MR) is 78.0 cm³/mol. The van der Waals surface area contributed by atoms with Gasteiger partial charge in [0, 0.05) is 24.5 Å². The Balaban J connectivity index is 2.37. The number of carbonyl (C=O) groups excluding carboxylic acids is 1. The average Bonchev–Trinajstić information content (AvgIpc) is 2.79. The van der Waals surface area contributed by atoms with Crippen molar-refractivity contribution in [3.63, 3.8) is 0 Å². The lowest BCUT2D eigenvalue weighted by Crippen LogP contribution is -2.14.